The first kappa shape index (κ1) is 26.3. The van der Waals surface area contributed by atoms with Crippen molar-refractivity contribution in [3.8, 4) is 16.9 Å². The number of nitrogens with zero attached hydrogens (tertiary/aromatic N) is 1. The first-order chi connectivity index (χ1) is 17.0. The van der Waals surface area contributed by atoms with Crippen LogP contribution in [0.25, 0.3) is 11.1 Å². The Labute approximate surface area is 217 Å². The molecule has 11 heteroatoms. The first-order valence-electron chi connectivity index (χ1n) is 10.9. The molecule has 0 spiro atoms. The molecule has 6 nitrogen and oxygen atoms in total. The fraction of sp³-hybridized carbons (Fsp3) is 0.240. The summed E-state index contributed by atoms with van der Waals surface area (Å²) in [6, 6.07) is 16.7. The molecular weight excluding hydrogens is 535 g/mol. The Morgan fingerprint density at radius 2 is 1.64 bits per heavy atom. The molecule has 0 bridgehead atoms. The number of alkyl halides is 2. The van der Waals surface area contributed by atoms with Crippen molar-refractivity contribution in [2.75, 3.05) is 6.54 Å². The highest BCUT2D eigenvalue weighted by Crippen LogP contribution is 2.49. The molecule has 0 atom stereocenters. The van der Waals surface area contributed by atoms with Crippen LogP contribution in [-0.2, 0) is 20.4 Å². The molecule has 0 unspecified atom stereocenters. The van der Waals surface area contributed by atoms with Crippen LogP contribution in [-0.4, -0.2) is 37.0 Å². The zero-order chi connectivity index (χ0) is 26.1. The van der Waals surface area contributed by atoms with Crippen molar-refractivity contribution in [2.24, 2.45) is 0 Å². The molecule has 0 heterocycles. The van der Waals surface area contributed by atoms with Gasteiger partial charge in [-0.3, -0.25) is 4.79 Å². The van der Waals surface area contributed by atoms with E-state index in [0.717, 1.165) is 39.7 Å². The number of aliphatic carboxylic acids is 1. The van der Waals surface area contributed by atoms with Crippen LogP contribution in [0.4, 0.5) is 8.78 Å². The maximum Gasteiger partial charge on any atom is 0.387 e. The van der Waals surface area contributed by atoms with Crippen LogP contribution < -0.4 is 4.74 Å². The third kappa shape index (κ3) is 5.34. The molecule has 0 saturated heterocycles. The van der Waals surface area contributed by atoms with Crippen molar-refractivity contribution in [3.63, 3.8) is 0 Å². The zero-order valence-corrected chi connectivity index (χ0v) is 21.0. The van der Waals surface area contributed by atoms with Gasteiger partial charge in [-0.1, -0.05) is 41.4 Å². The molecule has 3 aromatic carbocycles. The van der Waals surface area contributed by atoms with Crippen molar-refractivity contribution in [2.45, 2.75) is 36.3 Å². The third-order valence-electron chi connectivity index (χ3n) is 6.17. The maximum absolute atomic E-state index is 13.7. The number of sulfonamides is 1. The smallest absolute Gasteiger partial charge is 0.387 e. The van der Waals surface area contributed by atoms with Gasteiger partial charge in [0.2, 0.25) is 10.0 Å². The number of halogens is 4. The van der Waals surface area contributed by atoms with Gasteiger partial charge in [0.05, 0.1) is 10.4 Å². The van der Waals surface area contributed by atoms with Gasteiger partial charge >= 0.3 is 12.6 Å². The van der Waals surface area contributed by atoms with E-state index in [1.165, 1.54) is 0 Å². The largest absolute Gasteiger partial charge is 0.480 e. The first-order valence-corrected chi connectivity index (χ1v) is 13.1. The van der Waals surface area contributed by atoms with Gasteiger partial charge in [0.15, 0.2) is 0 Å². The monoisotopic (exact) mass is 555 g/mol. The lowest BCUT2D eigenvalue weighted by Gasteiger charge is -2.49. The standard InChI is InChI=1S/C25H21Cl2F2NO5S/c26-19-12-17(13-20(27)14-19)16-3-1-4-18(11-16)25(9-2-10-25)30(15-23(31)32)36(33,34)22-7-5-21(6-8-22)35-24(28)29/h1,3-8,11-14,24H,2,9-10,15H2,(H,31,32). The molecule has 1 aliphatic carbocycles. The Hall–Kier alpha value is -2.72. The molecular formula is C25H21Cl2F2NO5S. The van der Waals surface area contributed by atoms with Crippen molar-refractivity contribution in [3.05, 3.63) is 82.3 Å². The summed E-state index contributed by atoms with van der Waals surface area (Å²) in [7, 11) is -4.33. The molecule has 190 valence electrons. The predicted molar refractivity (Wildman–Crippen MR) is 132 cm³/mol. The summed E-state index contributed by atoms with van der Waals surface area (Å²) < 4.78 is 57.7. The summed E-state index contributed by atoms with van der Waals surface area (Å²) >= 11 is 12.3. The van der Waals surface area contributed by atoms with E-state index in [9.17, 15) is 27.1 Å². The van der Waals surface area contributed by atoms with Crippen LogP contribution in [0.3, 0.4) is 0 Å². The summed E-state index contributed by atoms with van der Waals surface area (Å²) in [5, 5.41) is 10.5. The number of carboxylic acid groups (broad SMARTS) is 1. The van der Waals surface area contributed by atoms with Gasteiger partial charge in [0.25, 0.3) is 0 Å². The summed E-state index contributed by atoms with van der Waals surface area (Å²) in [5.74, 6) is -1.53. The minimum absolute atomic E-state index is 0.208. The molecule has 36 heavy (non-hydrogen) atoms. The quantitative estimate of drug-likeness (QED) is 0.329. The van der Waals surface area contributed by atoms with Crippen molar-refractivity contribution in [1.82, 2.24) is 4.31 Å². The van der Waals surface area contributed by atoms with E-state index < -0.39 is 34.7 Å². The minimum atomic E-state index is -4.33. The molecule has 1 aliphatic rings. The minimum Gasteiger partial charge on any atom is -0.480 e. The highest BCUT2D eigenvalue weighted by atomic mass is 35.5. The highest BCUT2D eigenvalue weighted by molar-refractivity contribution is 7.89. The van der Waals surface area contributed by atoms with Gasteiger partial charge in [-0.05, 0) is 84.5 Å². The second-order valence-corrected chi connectivity index (χ2v) is 11.1. The SMILES string of the molecule is O=C(O)CN(C1(c2cccc(-c3cc(Cl)cc(Cl)c3)c2)CCC1)S(=O)(=O)c1ccc(OC(F)F)cc1. The summed E-state index contributed by atoms with van der Waals surface area (Å²) in [5.41, 5.74) is 0.994. The third-order valence-corrected chi connectivity index (χ3v) is 8.53. The van der Waals surface area contributed by atoms with Crippen LogP contribution in [0, 0.1) is 0 Å². The molecule has 0 radical (unpaired) electrons. The van der Waals surface area contributed by atoms with Gasteiger partial charge in [0, 0.05) is 10.0 Å². The fourth-order valence-electron chi connectivity index (χ4n) is 4.41. The Bertz CT molecular complexity index is 1360. The number of hydrogen-bond donors (Lipinski definition) is 1. The lowest BCUT2D eigenvalue weighted by Crippen LogP contribution is -2.55. The molecule has 0 amide bonds. The van der Waals surface area contributed by atoms with Gasteiger partial charge in [-0.15, -0.1) is 0 Å². The van der Waals surface area contributed by atoms with Crippen LogP contribution in [0.1, 0.15) is 24.8 Å². The number of carboxylic acids is 1. The van der Waals surface area contributed by atoms with E-state index in [-0.39, 0.29) is 10.6 Å². The van der Waals surface area contributed by atoms with E-state index in [2.05, 4.69) is 4.74 Å². The van der Waals surface area contributed by atoms with E-state index in [1.807, 2.05) is 12.1 Å². The molecule has 1 fully saturated rings. The van der Waals surface area contributed by atoms with Gasteiger partial charge in [-0.25, -0.2) is 8.42 Å². The molecule has 0 aliphatic heterocycles. The predicted octanol–water partition coefficient (Wildman–Crippen LogP) is 6.42. The Morgan fingerprint density at radius 3 is 2.17 bits per heavy atom. The number of hydrogen-bond acceptors (Lipinski definition) is 4. The van der Waals surface area contributed by atoms with E-state index in [0.29, 0.717) is 34.9 Å². The van der Waals surface area contributed by atoms with Crippen molar-refractivity contribution >= 4 is 39.2 Å². The van der Waals surface area contributed by atoms with Crippen LogP contribution in [0.2, 0.25) is 10.0 Å². The van der Waals surface area contributed by atoms with Gasteiger partial charge < -0.3 is 9.84 Å². The molecule has 3 aromatic rings. The van der Waals surface area contributed by atoms with E-state index in [1.54, 1.807) is 30.3 Å². The lowest BCUT2D eigenvalue weighted by molar-refractivity contribution is -0.139. The normalized spacial score (nSPS) is 15.1. The second kappa shape index (κ2) is 10.3. The average Bonchev–Trinajstić information content (AvgIpc) is 2.77. The molecule has 4 rings (SSSR count). The molecule has 0 aromatic heterocycles. The number of carbonyl (C=O) groups is 1. The average molecular weight is 556 g/mol. The summed E-state index contributed by atoms with van der Waals surface area (Å²) in [6.07, 6.45) is 1.51. The topological polar surface area (TPSA) is 83.9 Å². The number of ether oxygens (including phenoxy) is 1. The van der Waals surface area contributed by atoms with E-state index in [4.69, 9.17) is 23.2 Å². The highest BCUT2D eigenvalue weighted by Gasteiger charge is 2.50. The van der Waals surface area contributed by atoms with Gasteiger partial charge in [0.1, 0.15) is 12.3 Å². The molecule has 1 saturated carbocycles. The van der Waals surface area contributed by atoms with Gasteiger partial charge in [-0.2, -0.15) is 13.1 Å². The van der Waals surface area contributed by atoms with Crippen molar-refractivity contribution < 1.29 is 31.8 Å². The number of rotatable bonds is 9. The zero-order valence-electron chi connectivity index (χ0n) is 18.7. The van der Waals surface area contributed by atoms with Crippen molar-refractivity contribution in [1.29, 1.82) is 0 Å². The summed E-state index contributed by atoms with van der Waals surface area (Å²) in [6.45, 7) is -3.83. The Balaban J connectivity index is 1.78. The lowest BCUT2D eigenvalue weighted by atomic mass is 9.71. The summed E-state index contributed by atoms with van der Waals surface area (Å²) in [4.78, 5) is 11.6. The molecule has 1 N–H and O–H groups in total. The second-order valence-electron chi connectivity index (χ2n) is 8.38. The number of benzene rings is 3. The Kier molecular flexibility index (Phi) is 7.56. The van der Waals surface area contributed by atoms with Crippen LogP contribution in [0.5, 0.6) is 5.75 Å². The van der Waals surface area contributed by atoms with Crippen LogP contribution in [0.15, 0.2) is 71.6 Å². The fourth-order valence-corrected chi connectivity index (χ4v) is 6.70. The Morgan fingerprint density at radius 1 is 1.00 bits per heavy atom. The van der Waals surface area contributed by atoms with E-state index >= 15 is 0 Å². The maximum atomic E-state index is 13.7. The van der Waals surface area contributed by atoms with Crippen LogP contribution >= 0.6 is 23.2 Å².